The van der Waals surface area contributed by atoms with E-state index in [9.17, 15) is 4.79 Å². The SMILES string of the molecule is CC(C)Oc1ncc(C(=O)N(CCC#N)Cc2ccco2)cc1Cl. The number of pyridine rings is 1. The fourth-order valence-electron chi connectivity index (χ4n) is 2.06. The maximum atomic E-state index is 12.7. The van der Waals surface area contributed by atoms with E-state index in [1.54, 1.807) is 18.4 Å². The summed E-state index contributed by atoms with van der Waals surface area (Å²) < 4.78 is 10.7. The van der Waals surface area contributed by atoms with E-state index in [1.807, 2.05) is 19.9 Å². The largest absolute Gasteiger partial charge is 0.474 e. The number of furan rings is 1. The van der Waals surface area contributed by atoms with Crippen LogP contribution < -0.4 is 4.74 Å². The molecule has 2 aromatic rings. The lowest BCUT2D eigenvalue weighted by Gasteiger charge is -2.20. The molecule has 7 heteroatoms. The van der Waals surface area contributed by atoms with Crippen molar-refractivity contribution in [3.63, 3.8) is 0 Å². The van der Waals surface area contributed by atoms with Crippen LogP contribution >= 0.6 is 11.6 Å². The van der Waals surface area contributed by atoms with Gasteiger partial charge in [-0.1, -0.05) is 11.6 Å². The molecule has 0 aliphatic heterocycles. The molecule has 0 saturated carbocycles. The molecular weight excluding hydrogens is 330 g/mol. The fraction of sp³-hybridized carbons (Fsp3) is 0.353. The van der Waals surface area contributed by atoms with Crippen molar-refractivity contribution in [2.45, 2.75) is 32.9 Å². The molecule has 0 radical (unpaired) electrons. The number of nitriles is 1. The molecule has 126 valence electrons. The van der Waals surface area contributed by atoms with Crippen LogP contribution in [0.15, 0.2) is 35.1 Å². The van der Waals surface area contributed by atoms with E-state index in [1.165, 1.54) is 17.2 Å². The number of nitrogens with zero attached hydrogens (tertiary/aromatic N) is 3. The number of carbonyl (C=O) groups is 1. The molecule has 2 rings (SSSR count). The Hall–Kier alpha value is -2.52. The fourth-order valence-corrected chi connectivity index (χ4v) is 2.27. The Labute approximate surface area is 145 Å². The molecule has 0 aliphatic rings. The minimum absolute atomic E-state index is 0.0670. The number of rotatable bonds is 7. The highest BCUT2D eigenvalue weighted by atomic mass is 35.5. The van der Waals surface area contributed by atoms with E-state index in [-0.39, 0.29) is 42.4 Å². The summed E-state index contributed by atoms with van der Waals surface area (Å²) in [5.74, 6) is 0.657. The Balaban J connectivity index is 2.18. The van der Waals surface area contributed by atoms with E-state index >= 15 is 0 Å². The van der Waals surface area contributed by atoms with E-state index < -0.39 is 0 Å². The Bertz CT molecular complexity index is 723. The summed E-state index contributed by atoms with van der Waals surface area (Å²) in [6, 6.07) is 7.09. The van der Waals surface area contributed by atoms with Gasteiger partial charge in [0, 0.05) is 12.7 Å². The Morgan fingerprint density at radius 2 is 2.33 bits per heavy atom. The molecule has 1 amide bonds. The van der Waals surface area contributed by atoms with Gasteiger partial charge in [0.1, 0.15) is 10.8 Å². The molecule has 2 aromatic heterocycles. The van der Waals surface area contributed by atoms with Crippen LogP contribution in [0.3, 0.4) is 0 Å². The van der Waals surface area contributed by atoms with Crippen molar-refractivity contribution in [1.29, 1.82) is 5.26 Å². The van der Waals surface area contributed by atoms with Crippen molar-refractivity contribution in [2.75, 3.05) is 6.54 Å². The van der Waals surface area contributed by atoms with E-state index in [4.69, 9.17) is 26.0 Å². The third-order valence-electron chi connectivity index (χ3n) is 3.11. The average Bonchev–Trinajstić information content (AvgIpc) is 3.05. The molecule has 6 nitrogen and oxygen atoms in total. The number of hydrogen-bond donors (Lipinski definition) is 0. The minimum Gasteiger partial charge on any atom is -0.474 e. The van der Waals surface area contributed by atoms with E-state index in [2.05, 4.69) is 4.98 Å². The summed E-state index contributed by atoms with van der Waals surface area (Å²) in [4.78, 5) is 18.3. The van der Waals surface area contributed by atoms with Crippen molar-refractivity contribution in [2.24, 2.45) is 0 Å². The number of ether oxygens (including phenoxy) is 1. The number of halogens is 1. The van der Waals surface area contributed by atoms with Gasteiger partial charge in [-0.2, -0.15) is 5.26 Å². The number of hydrogen-bond acceptors (Lipinski definition) is 5. The second-order valence-electron chi connectivity index (χ2n) is 5.39. The van der Waals surface area contributed by atoms with Crippen LogP contribution in [-0.4, -0.2) is 28.4 Å². The van der Waals surface area contributed by atoms with Gasteiger partial charge in [-0.05, 0) is 32.0 Å². The van der Waals surface area contributed by atoms with Crippen LogP contribution in [0.4, 0.5) is 0 Å². The third kappa shape index (κ3) is 4.74. The number of amides is 1. The Kier molecular flexibility index (Phi) is 6.21. The van der Waals surface area contributed by atoms with Crippen LogP contribution in [0.1, 0.15) is 36.4 Å². The van der Waals surface area contributed by atoms with Crippen LogP contribution in [0.5, 0.6) is 5.88 Å². The first kappa shape index (κ1) is 17.8. The van der Waals surface area contributed by atoms with Crippen molar-refractivity contribution >= 4 is 17.5 Å². The third-order valence-corrected chi connectivity index (χ3v) is 3.38. The zero-order chi connectivity index (χ0) is 17.5. The monoisotopic (exact) mass is 347 g/mol. The van der Waals surface area contributed by atoms with Gasteiger partial charge in [0.2, 0.25) is 5.88 Å². The summed E-state index contributed by atoms with van der Waals surface area (Å²) in [5.41, 5.74) is 0.334. The summed E-state index contributed by atoms with van der Waals surface area (Å²) in [5, 5.41) is 9.07. The highest BCUT2D eigenvalue weighted by Gasteiger charge is 2.19. The lowest BCUT2D eigenvalue weighted by molar-refractivity contribution is 0.0735. The lowest BCUT2D eigenvalue weighted by atomic mass is 10.2. The highest BCUT2D eigenvalue weighted by Crippen LogP contribution is 2.24. The van der Waals surface area contributed by atoms with Crippen molar-refractivity contribution in [3.8, 4) is 11.9 Å². The van der Waals surface area contributed by atoms with Gasteiger partial charge < -0.3 is 14.1 Å². The molecule has 0 bridgehead atoms. The topological polar surface area (TPSA) is 79.4 Å². The molecule has 0 spiro atoms. The van der Waals surface area contributed by atoms with E-state index in [0.717, 1.165) is 0 Å². The zero-order valence-corrected chi connectivity index (χ0v) is 14.3. The molecule has 0 saturated heterocycles. The maximum absolute atomic E-state index is 12.7. The van der Waals surface area contributed by atoms with Crippen molar-refractivity contribution in [1.82, 2.24) is 9.88 Å². The van der Waals surface area contributed by atoms with Gasteiger partial charge >= 0.3 is 0 Å². The first-order chi connectivity index (χ1) is 11.5. The number of carbonyl (C=O) groups excluding carboxylic acids is 1. The molecule has 0 atom stereocenters. The van der Waals surface area contributed by atoms with E-state index in [0.29, 0.717) is 11.3 Å². The zero-order valence-electron chi connectivity index (χ0n) is 13.5. The molecule has 0 aliphatic carbocycles. The predicted octanol–water partition coefficient (Wildman–Crippen LogP) is 3.67. The van der Waals surface area contributed by atoms with Gasteiger partial charge in [-0.3, -0.25) is 4.79 Å². The summed E-state index contributed by atoms with van der Waals surface area (Å²) >= 11 is 6.14. The Morgan fingerprint density at radius 1 is 1.54 bits per heavy atom. The first-order valence-electron chi connectivity index (χ1n) is 7.52. The van der Waals surface area contributed by atoms with Crippen LogP contribution in [0, 0.1) is 11.3 Å². The van der Waals surface area contributed by atoms with Crippen molar-refractivity contribution in [3.05, 3.63) is 47.0 Å². The van der Waals surface area contributed by atoms with Gasteiger partial charge in [0.25, 0.3) is 5.91 Å². The lowest BCUT2D eigenvalue weighted by Crippen LogP contribution is -2.31. The molecule has 0 aromatic carbocycles. The van der Waals surface area contributed by atoms with Crippen LogP contribution in [0.25, 0.3) is 0 Å². The van der Waals surface area contributed by atoms with Crippen LogP contribution in [-0.2, 0) is 6.54 Å². The maximum Gasteiger partial charge on any atom is 0.255 e. The molecule has 0 N–H and O–H groups in total. The standard InChI is InChI=1S/C17H18ClN3O3/c1-12(2)24-16-15(18)9-13(10-20-16)17(22)21(7-4-6-19)11-14-5-3-8-23-14/h3,5,8-10,12H,4,7,11H2,1-2H3. The highest BCUT2D eigenvalue weighted by molar-refractivity contribution is 6.32. The first-order valence-corrected chi connectivity index (χ1v) is 7.90. The van der Waals surface area contributed by atoms with Gasteiger partial charge in [-0.25, -0.2) is 4.98 Å². The molecule has 0 unspecified atom stereocenters. The summed E-state index contributed by atoms with van der Waals surface area (Å²) in [7, 11) is 0. The number of aromatic nitrogens is 1. The van der Waals surface area contributed by atoms with Gasteiger partial charge in [0.15, 0.2) is 0 Å². The Morgan fingerprint density at radius 3 is 2.92 bits per heavy atom. The molecule has 24 heavy (non-hydrogen) atoms. The summed E-state index contributed by atoms with van der Waals surface area (Å²) in [6.45, 7) is 4.29. The molecule has 2 heterocycles. The smallest absolute Gasteiger partial charge is 0.255 e. The quantitative estimate of drug-likeness (QED) is 0.763. The normalized spacial score (nSPS) is 10.5. The van der Waals surface area contributed by atoms with Crippen molar-refractivity contribution < 1.29 is 13.9 Å². The second kappa shape index (κ2) is 8.37. The second-order valence-corrected chi connectivity index (χ2v) is 5.80. The summed E-state index contributed by atoms with van der Waals surface area (Å²) in [6.07, 6.45) is 3.12. The predicted molar refractivity (Wildman–Crippen MR) is 88.7 cm³/mol. The molecule has 0 fully saturated rings. The van der Waals surface area contributed by atoms with Gasteiger partial charge in [-0.15, -0.1) is 0 Å². The molecular formula is C17H18ClN3O3. The van der Waals surface area contributed by atoms with Gasteiger partial charge in [0.05, 0.1) is 37.0 Å². The van der Waals surface area contributed by atoms with Crippen LogP contribution in [0.2, 0.25) is 5.02 Å². The minimum atomic E-state index is -0.271. The average molecular weight is 348 g/mol.